The Kier molecular flexibility index (Phi) is 2.84. The molecule has 1 saturated heterocycles. The SMILES string of the molecule is Nc1nc(N2CCC3(CCCC3)CC2)c2ccsc2n1. The van der Waals surface area contributed by atoms with Gasteiger partial charge < -0.3 is 10.6 Å². The first-order valence-electron chi connectivity index (χ1n) is 7.52. The molecule has 4 rings (SSSR count). The second-order valence-electron chi connectivity index (χ2n) is 6.24. The summed E-state index contributed by atoms with van der Waals surface area (Å²) in [6.45, 7) is 2.22. The summed E-state index contributed by atoms with van der Waals surface area (Å²) in [7, 11) is 0. The Labute approximate surface area is 123 Å². The van der Waals surface area contributed by atoms with Gasteiger partial charge in [-0.15, -0.1) is 11.3 Å². The summed E-state index contributed by atoms with van der Waals surface area (Å²) in [5.41, 5.74) is 6.51. The minimum atomic E-state index is 0.399. The molecule has 4 nitrogen and oxygen atoms in total. The van der Waals surface area contributed by atoms with Gasteiger partial charge in [-0.3, -0.25) is 0 Å². The molecule has 2 aromatic rings. The number of nitrogen functional groups attached to an aromatic ring is 1. The quantitative estimate of drug-likeness (QED) is 0.873. The van der Waals surface area contributed by atoms with E-state index in [9.17, 15) is 0 Å². The number of piperidine rings is 1. The number of nitrogens with two attached hydrogens (primary N) is 1. The average Bonchev–Trinajstić information content (AvgIpc) is 3.08. The number of thiophene rings is 1. The van der Waals surface area contributed by atoms with Crippen molar-refractivity contribution >= 4 is 33.3 Å². The first-order valence-corrected chi connectivity index (χ1v) is 8.39. The van der Waals surface area contributed by atoms with Crippen LogP contribution < -0.4 is 10.6 Å². The van der Waals surface area contributed by atoms with Gasteiger partial charge in [0.2, 0.25) is 5.95 Å². The van der Waals surface area contributed by atoms with Crippen LogP contribution in [-0.2, 0) is 0 Å². The highest BCUT2D eigenvalue weighted by Gasteiger charge is 2.37. The molecule has 1 aliphatic carbocycles. The zero-order valence-corrected chi connectivity index (χ0v) is 12.5. The Morgan fingerprint density at radius 2 is 1.85 bits per heavy atom. The zero-order valence-electron chi connectivity index (χ0n) is 11.6. The molecule has 0 unspecified atom stereocenters. The second-order valence-corrected chi connectivity index (χ2v) is 7.13. The van der Waals surface area contributed by atoms with Gasteiger partial charge in [-0.2, -0.15) is 4.98 Å². The first kappa shape index (κ1) is 12.4. The number of hydrogen-bond acceptors (Lipinski definition) is 5. The molecule has 1 saturated carbocycles. The predicted octanol–water partition coefficient (Wildman–Crippen LogP) is 3.43. The Morgan fingerprint density at radius 3 is 2.60 bits per heavy atom. The van der Waals surface area contributed by atoms with Crippen LogP contribution in [0.1, 0.15) is 38.5 Å². The molecule has 2 aromatic heterocycles. The van der Waals surface area contributed by atoms with Crippen molar-refractivity contribution in [2.24, 2.45) is 5.41 Å². The highest BCUT2D eigenvalue weighted by molar-refractivity contribution is 7.16. The maximum Gasteiger partial charge on any atom is 0.223 e. The van der Waals surface area contributed by atoms with Crippen LogP contribution >= 0.6 is 11.3 Å². The topological polar surface area (TPSA) is 55.0 Å². The number of hydrogen-bond donors (Lipinski definition) is 1. The molecule has 3 heterocycles. The van der Waals surface area contributed by atoms with E-state index in [1.165, 1.54) is 38.5 Å². The molecular formula is C15H20N4S. The zero-order chi connectivity index (χ0) is 13.6. The third kappa shape index (κ3) is 1.95. The van der Waals surface area contributed by atoms with Crippen LogP contribution in [0.25, 0.3) is 10.2 Å². The highest BCUT2D eigenvalue weighted by Crippen LogP contribution is 2.47. The van der Waals surface area contributed by atoms with Gasteiger partial charge in [0.15, 0.2) is 0 Å². The molecule has 1 spiro atoms. The van der Waals surface area contributed by atoms with Crippen molar-refractivity contribution in [2.45, 2.75) is 38.5 Å². The van der Waals surface area contributed by atoms with Crippen molar-refractivity contribution in [3.63, 3.8) is 0 Å². The molecule has 5 heteroatoms. The number of aromatic nitrogens is 2. The maximum atomic E-state index is 5.86. The third-order valence-corrected chi connectivity index (χ3v) is 5.92. The van der Waals surface area contributed by atoms with E-state index in [4.69, 9.17) is 5.73 Å². The van der Waals surface area contributed by atoms with Crippen molar-refractivity contribution in [1.82, 2.24) is 9.97 Å². The van der Waals surface area contributed by atoms with Gasteiger partial charge in [-0.25, -0.2) is 4.98 Å². The van der Waals surface area contributed by atoms with Crippen molar-refractivity contribution < 1.29 is 0 Å². The predicted molar refractivity (Wildman–Crippen MR) is 84.2 cm³/mol. The van der Waals surface area contributed by atoms with Crippen molar-refractivity contribution in [3.8, 4) is 0 Å². The Hall–Kier alpha value is -1.36. The second kappa shape index (κ2) is 4.58. The van der Waals surface area contributed by atoms with E-state index in [1.54, 1.807) is 11.3 Å². The third-order valence-electron chi connectivity index (χ3n) is 5.11. The van der Waals surface area contributed by atoms with Gasteiger partial charge in [0.05, 0.1) is 5.39 Å². The number of nitrogens with zero attached hydrogens (tertiary/aromatic N) is 3. The minimum Gasteiger partial charge on any atom is -0.368 e. The summed E-state index contributed by atoms with van der Waals surface area (Å²) in [6, 6.07) is 2.12. The lowest BCUT2D eigenvalue weighted by molar-refractivity contribution is 0.226. The summed E-state index contributed by atoms with van der Waals surface area (Å²) >= 11 is 1.64. The summed E-state index contributed by atoms with van der Waals surface area (Å²) in [5, 5.41) is 3.23. The van der Waals surface area contributed by atoms with Crippen molar-refractivity contribution in [3.05, 3.63) is 11.4 Å². The highest BCUT2D eigenvalue weighted by atomic mass is 32.1. The normalized spacial score (nSPS) is 21.9. The fraction of sp³-hybridized carbons (Fsp3) is 0.600. The van der Waals surface area contributed by atoms with Gasteiger partial charge in [-0.05, 0) is 42.5 Å². The molecule has 0 atom stereocenters. The summed E-state index contributed by atoms with van der Waals surface area (Å²) in [5.74, 6) is 1.44. The first-order chi connectivity index (χ1) is 9.76. The monoisotopic (exact) mass is 288 g/mol. The molecule has 0 bridgehead atoms. The van der Waals surface area contributed by atoms with Crippen LogP contribution in [0.4, 0.5) is 11.8 Å². The van der Waals surface area contributed by atoms with Crippen LogP contribution in [0.2, 0.25) is 0 Å². The van der Waals surface area contributed by atoms with Gasteiger partial charge in [0.1, 0.15) is 10.6 Å². The summed E-state index contributed by atoms with van der Waals surface area (Å²) < 4.78 is 0. The smallest absolute Gasteiger partial charge is 0.223 e. The largest absolute Gasteiger partial charge is 0.368 e. The van der Waals surface area contributed by atoms with Crippen LogP contribution in [0.3, 0.4) is 0 Å². The van der Waals surface area contributed by atoms with E-state index in [-0.39, 0.29) is 0 Å². The molecule has 2 N–H and O–H groups in total. The fourth-order valence-electron chi connectivity index (χ4n) is 3.91. The lowest BCUT2D eigenvalue weighted by Crippen LogP contribution is -2.39. The number of rotatable bonds is 1. The maximum absolute atomic E-state index is 5.86. The van der Waals surface area contributed by atoms with E-state index in [0.29, 0.717) is 11.4 Å². The van der Waals surface area contributed by atoms with Gasteiger partial charge in [-0.1, -0.05) is 12.8 Å². The number of fused-ring (bicyclic) bond motifs is 1. The lowest BCUT2D eigenvalue weighted by Gasteiger charge is -2.40. The summed E-state index contributed by atoms with van der Waals surface area (Å²) in [6.07, 6.45) is 8.33. The molecule has 20 heavy (non-hydrogen) atoms. The molecule has 2 aliphatic rings. The molecule has 0 radical (unpaired) electrons. The fourth-order valence-corrected chi connectivity index (χ4v) is 4.68. The molecule has 0 aromatic carbocycles. The molecule has 0 amide bonds. The van der Waals surface area contributed by atoms with Crippen molar-refractivity contribution in [1.29, 1.82) is 0 Å². The lowest BCUT2D eigenvalue weighted by atomic mass is 9.77. The molecule has 1 aliphatic heterocycles. The van der Waals surface area contributed by atoms with Gasteiger partial charge in [0.25, 0.3) is 0 Å². The Balaban J connectivity index is 1.62. The number of anilines is 2. The van der Waals surface area contributed by atoms with E-state index >= 15 is 0 Å². The molecular weight excluding hydrogens is 268 g/mol. The Bertz CT molecular complexity index is 620. The van der Waals surface area contributed by atoms with Gasteiger partial charge in [0, 0.05) is 13.1 Å². The van der Waals surface area contributed by atoms with Gasteiger partial charge >= 0.3 is 0 Å². The van der Waals surface area contributed by atoms with Crippen LogP contribution in [0, 0.1) is 5.41 Å². The minimum absolute atomic E-state index is 0.399. The van der Waals surface area contributed by atoms with Crippen LogP contribution in [0.5, 0.6) is 0 Å². The van der Waals surface area contributed by atoms with Crippen LogP contribution in [0.15, 0.2) is 11.4 Å². The average molecular weight is 288 g/mol. The Morgan fingerprint density at radius 1 is 1.10 bits per heavy atom. The van der Waals surface area contributed by atoms with E-state index in [1.807, 2.05) is 0 Å². The summed E-state index contributed by atoms with van der Waals surface area (Å²) in [4.78, 5) is 12.3. The van der Waals surface area contributed by atoms with E-state index < -0.39 is 0 Å². The standard InChI is InChI=1S/C15H20N4S/c16-14-17-12(11-3-10-20-13(11)18-14)19-8-6-15(7-9-19)4-1-2-5-15/h3,10H,1-2,4-9H2,(H2,16,17,18). The van der Waals surface area contributed by atoms with E-state index in [2.05, 4.69) is 26.3 Å². The van der Waals surface area contributed by atoms with Crippen molar-refractivity contribution in [2.75, 3.05) is 23.7 Å². The molecule has 106 valence electrons. The molecule has 2 fully saturated rings. The van der Waals surface area contributed by atoms with E-state index in [0.717, 1.165) is 29.1 Å². The van der Waals surface area contributed by atoms with Crippen LogP contribution in [-0.4, -0.2) is 23.1 Å².